The molecule has 3 heteroatoms. The second-order valence-corrected chi connectivity index (χ2v) is 6.55. The fraction of sp³-hybridized carbons (Fsp3) is 0.733. The van der Waals surface area contributed by atoms with Gasteiger partial charge in [-0.15, -0.1) is 11.3 Å². The molecular weight excluding hydrogens is 242 g/mol. The third-order valence-corrected chi connectivity index (χ3v) is 5.14. The first-order valence-electron chi connectivity index (χ1n) is 7.23. The molecular formula is C15H25NOS. The highest BCUT2D eigenvalue weighted by atomic mass is 32.1. The zero-order chi connectivity index (χ0) is 13.0. The van der Waals surface area contributed by atoms with Gasteiger partial charge in [0.2, 0.25) is 0 Å². The molecule has 0 bridgehead atoms. The molecule has 102 valence electrons. The molecule has 0 aromatic carbocycles. The first-order chi connectivity index (χ1) is 8.70. The Balaban J connectivity index is 1.88. The van der Waals surface area contributed by atoms with Crippen molar-refractivity contribution in [2.45, 2.75) is 64.5 Å². The maximum Gasteiger partial charge on any atom is 0.0664 e. The molecule has 1 aliphatic carbocycles. The van der Waals surface area contributed by atoms with Crippen molar-refractivity contribution in [2.75, 3.05) is 6.54 Å². The van der Waals surface area contributed by atoms with Crippen molar-refractivity contribution in [3.05, 3.63) is 21.4 Å². The summed E-state index contributed by atoms with van der Waals surface area (Å²) in [7, 11) is 0. The van der Waals surface area contributed by atoms with Gasteiger partial charge in [-0.25, -0.2) is 0 Å². The summed E-state index contributed by atoms with van der Waals surface area (Å²) in [6.45, 7) is 5.02. The number of nitrogens with one attached hydrogen (secondary N) is 1. The Bertz CT molecular complexity index is 351. The van der Waals surface area contributed by atoms with E-state index in [0.29, 0.717) is 12.6 Å². The van der Waals surface area contributed by atoms with Crippen LogP contribution in [0, 0.1) is 0 Å². The second kappa shape index (κ2) is 6.69. The van der Waals surface area contributed by atoms with E-state index in [2.05, 4.69) is 25.2 Å². The molecule has 1 aromatic heterocycles. The normalized spacial score (nSPS) is 18.4. The Morgan fingerprint density at radius 1 is 1.39 bits per heavy atom. The summed E-state index contributed by atoms with van der Waals surface area (Å²) < 4.78 is 0. The summed E-state index contributed by atoms with van der Waals surface area (Å²) in [5, 5.41) is 13.2. The monoisotopic (exact) mass is 267 g/mol. The largest absolute Gasteiger partial charge is 0.392 e. The van der Waals surface area contributed by atoms with Crippen molar-refractivity contribution < 1.29 is 5.11 Å². The molecule has 2 N–H and O–H groups in total. The van der Waals surface area contributed by atoms with E-state index in [0.717, 1.165) is 12.8 Å². The van der Waals surface area contributed by atoms with Crippen molar-refractivity contribution in [2.24, 2.45) is 0 Å². The minimum atomic E-state index is -0.202. The minimum Gasteiger partial charge on any atom is -0.392 e. The van der Waals surface area contributed by atoms with Gasteiger partial charge in [0.15, 0.2) is 0 Å². The summed E-state index contributed by atoms with van der Waals surface area (Å²) in [6, 6.07) is 2.75. The zero-order valence-corrected chi connectivity index (χ0v) is 12.4. The topological polar surface area (TPSA) is 32.3 Å². The number of rotatable bonds is 6. The number of hydrogen-bond acceptors (Lipinski definition) is 3. The molecule has 0 saturated heterocycles. The van der Waals surface area contributed by atoms with E-state index in [1.165, 1.54) is 30.6 Å². The summed E-state index contributed by atoms with van der Waals surface area (Å²) in [4.78, 5) is 3.03. The second-order valence-electron chi connectivity index (χ2n) is 5.38. The van der Waals surface area contributed by atoms with Crippen molar-refractivity contribution in [1.82, 2.24) is 5.32 Å². The molecule has 2 nitrogen and oxygen atoms in total. The molecule has 2 atom stereocenters. The first-order valence-corrected chi connectivity index (χ1v) is 8.05. The van der Waals surface area contributed by atoms with Gasteiger partial charge in [0, 0.05) is 22.3 Å². The average molecular weight is 267 g/mol. The maximum absolute atomic E-state index is 9.75. The van der Waals surface area contributed by atoms with E-state index < -0.39 is 0 Å². The van der Waals surface area contributed by atoms with Gasteiger partial charge >= 0.3 is 0 Å². The van der Waals surface area contributed by atoms with E-state index in [4.69, 9.17) is 0 Å². The molecule has 18 heavy (non-hydrogen) atoms. The number of aliphatic hydroxyl groups is 1. The van der Waals surface area contributed by atoms with Crippen LogP contribution in [-0.2, 0) is 12.8 Å². The fourth-order valence-electron chi connectivity index (χ4n) is 2.58. The Labute approximate surface area is 114 Å². The van der Waals surface area contributed by atoms with Gasteiger partial charge in [0.05, 0.1) is 6.10 Å². The van der Waals surface area contributed by atoms with Gasteiger partial charge in [-0.2, -0.15) is 0 Å². The summed E-state index contributed by atoms with van der Waals surface area (Å²) in [5.74, 6) is 0. The fourth-order valence-corrected chi connectivity index (χ4v) is 3.86. The van der Waals surface area contributed by atoms with Gasteiger partial charge in [-0.3, -0.25) is 0 Å². The van der Waals surface area contributed by atoms with Gasteiger partial charge in [-0.05, 0) is 50.7 Å². The molecule has 0 fully saturated rings. The lowest BCUT2D eigenvalue weighted by Gasteiger charge is -2.15. The van der Waals surface area contributed by atoms with Crippen molar-refractivity contribution in [1.29, 1.82) is 0 Å². The van der Waals surface area contributed by atoms with E-state index in [9.17, 15) is 5.11 Å². The van der Waals surface area contributed by atoms with Crippen LogP contribution in [0.4, 0.5) is 0 Å². The molecule has 0 amide bonds. The molecule has 1 heterocycles. The van der Waals surface area contributed by atoms with E-state index >= 15 is 0 Å². The Kier molecular flexibility index (Phi) is 5.22. The molecule has 1 aliphatic rings. The lowest BCUT2D eigenvalue weighted by atomic mass is 9.99. The molecule has 0 radical (unpaired) electrons. The molecule has 0 spiro atoms. The summed E-state index contributed by atoms with van der Waals surface area (Å²) in [6.07, 6.45) is 6.96. The van der Waals surface area contributed by atoms with E-state index in [-0.39, 0.29) is 6.10 Å². The van der Waals surface area contributed by atoms with Crippen molar-refractivity contribution >= 4 is 11.3 Å². The Morgan fingerprint density at radius 2 is 2.17 bits per heavy atom. The van der Waals surface area contributed by atoms with Crippen LogP contribution >= 0.6 is 11.3 Å². The molecule has 0 aliphatic heterocycles. The van der Waals surface area contributed by atoms with Crippen LogP contribution in [0.1, 0.15) is 60.9 Å². The van der Waals surface area contributed by atoms with Gasteiger partial charge in [0.25, 0.3) is 0 Å². The number of thiophene rings is 1. The standard InChI is InChI=1S/C15H25NOS/c1-3-6-13(17)10-16-11(2)15-9-12-7-4-5-8-14(12)18-15/h9,11,13,16-17H,3-8,10H2,1-2H3. The third-order valence-electron chi connectivity index (χ3n) is 3.72. The highest BCUT2D eigenvalue weighted by Crippen LogP contribution is 2.32. The van der Waals surface area contributed by atoms with Gasteiger partial charge in [-0.1, -0.05) is 13.3 Å². The Morgan fingerprint density at radius 3 is 2.89 bits per heavy atom. The number of fused-ring (bicyclic) bond motifs is 1. The number of aryl methyl sites for hydroxylation is 2. The van der Waals surface area contributed by atoms with Crippen molar-refractivity contribution in [3.63, 3.8) is 0 Å². The van der Waals surface area contributed by atoms with Crippen LogP contribution in [0.2, 0.25) is 0 Å². The van der Waals surface area contributed by atoms with E-state index in [1.807, 2.05) is 11.3 Å². The van der Waals surface area contributed by atoms with Crippen LogP contribution in [0.3, 0.4) is 0 Å². The van der Waals surface area contributed by atoms with Gasteiger partial charge in [0.1, 0.15) is 0 Å². The molecule has 2 unspecified atom stereocenters. The van der Waals surface area contributed by atoms with Crippen LogP contribution < -0.4 is 5.32 Å². The number of hydrogen-bond donors (Lipinski definition) is 2. The Hall–Kier alpha value is -0.380. The highest BCUT2D eigenvalue weighted by molar-refractivity contribution is 7.12. The van der Waals surface area contributed by atoms with Crippen LogP contribution in [-0.4, -0.2) is 17.8 Å². The zero-order valence-electron chi connectivity index (χ0n) is 11.5. The smallest absolute Gasteiger partial charge is 0.0664 e. The van der Waals surface area contributed by atoms with Crippen LogP contribution in [0.25, 0.3) is 0 Å². The van der Waals surface area contributed by atoms with E-state index in [1.54, 1.807) is 10.4 Å². The SMILES string of the molecule is CCCC(O)CNC(C)c1cc2c(s1)CCCC2. The lowest BCUT2D eigenvalue weighted by molar-refractivity contribution is 0.157. The maximum atomic E-state index is 9.75. The molecule has 1 aromatic rings. The molecule has 2 rings (SSSR count). The lowest BCUT2D eigenvalue weighted by Crippen LogP contribution is -2.28. The third kappa shape index (κ3) is 3.56. The minimum absolute atomic E-state index is 0.202. The highest BCUT2D eigenvalue weighted by Gasteiger charge is 2.16. The molecule has 0 saturated carbocycles. The van der Waals surface area contributed by atoms with Crippen LogP contribution in [0.15, 0.2) is 6.07 Å². The van der Waals surface area contributed by atoms with Crippen LogP contribution in [0.5, 0.6) is 0 Å². The predicted octanol–water partition coefficient (Wildman–Crippen LogP) is 3.44. The quantitative estimate of drug-likeness (QED) is 0.827. The average Bonchev–Trinajstić information content (AvgIpc) is 2.80. The van der Waals surface area contributed by atoms with Crippen molar-refractivity contribution in [3.8, 4) is 0 Å². The predicted molar refractivity (Wildman–Crippen MR) is 78.3 cm³/mol. The first kappa shape index (κ1) is 14.0. The van der Waals surface area contributed by atoms with Gasteiger partial charge < -0.3 is 10.4 Å². The number of aliphatic hydroxyl groups excluding tert-OH is 1. The summed E-state index contributed by atoms with van der Waals surface area (Å²) in [5.41, 5.74) is 1.57. The summed E-state index contributed by atoms with van der Waals surface area (Å²) >= 11 is 1.96.